The molecule has 2 atom stereocenters. The first-order valence-corrected chi connectivity index (χ1v) is 12.2. The van der Waals surface area contributed by atoms with Gasteiger partial charge in [-0.05, 0) is 74.4 Å². The third kappa shape index (κ3) is 5.20. The van der Waals surface area contributed by atoms with Crippen LogP contribution in [0.25, 0.3) is 0 Å². The summed E-state index contributed by atoms with van der Waals surface area (Å²) in [6.45, 7) is 4.53. The van der Waals surface area contributed by atoms with Gasteiger partial charge in [-0.2, -0.15) is 4.39 Å². The van der Waals surface area contributed by atoms with E-state index < -0.39 is 5.95 Å². The maximum absolute atomic E-state index is 13.8. The number of rotatable bonds is 7. The Balaban J connectivity index is 1.10. The Morgan fingerprint density at radius 3 is 2.73 bits per heavy atom. The van der Waals surface area contributed by atoms with Gasteiger partial charge in [0.05, 0.1) is 6.54 Å². The Morgan fingerprint density at radius 2 is 1.94 bits per heavy atom. The van der Waals surface area contributed by atoms with E-state index >= 15 is 0 Å². The highest BCUT2D eigenvalue weighted by molar-refractivity contribution is 5.78. The summed E-state index contributed by atoms with van der Waals surface area (Å²) in [5.74, 6) is 0.793. The van der Waals surface area contributed by atoms with Crippen molar-refractivity contribution in [3.8, 4) is 5.75 Å². The highest BCUT2D eigenvalue weighted by Crippen LogP contribution is 2.45. The van der Waals surface area contributed by atoms with Crippen LogP contribution in [0.1, 0.15) is 49.1 Å². The maximum atomic E-state index is 13.8. The molecule has 1 aromatic carbocycles. The molecule has 33 heavy (non-hydrogen) atoms. The first-order chi connectivity index (χ1) is 16.1. The Bertz CT molecular complexity index is 968. The fourth-order valence-electron chi connectivity index (χ4n) is 5.38. The number of para-hydroxylation sites is 1. The second-order valence-electron chi connectivity index (χ2n) is 9.74. The van der Waals surface area contributed by atoms with Crippen molar-refractivity contribution in [1.82, 2.24) is 20.5 Å². The molecule has 1 aromatic heterocycles. The van der Waals surface area contributed by atoms with E-state index in [-0.39, 0.29) is 18.6 Å². The van der Waals surface area contributed by atoms with Crippen LogP contribution in [-0.4, -0.2) is 54.6 Å². The quantitative estimate of drug-likeness (QED) is 0.632. The molecule has 1 aliphatic carbocycles. The van der Waals surface area contributed by atoms with E-state index in [1.54, 1.807) is 12.1 Å². The fourth-order valence-corrected chi connectivity index (χ4v) is 5.38. The number of likely N-dealkylation sites (tertiary alicyclic amines) is 1. The maximum Gasteiger partial charge on any atom is 0.236 e. The summed E-state index contributed by atoms with van der Waals surface area (Å²) in [4.78, 5) is 18.5. The molecule has 6 nitrogen and oxygen atoms in total. The summed E-state index contributed by atoms with van der Waals surface area (Å²) in [7, 11) is 0. The van der Waals surface area contributed by atoms with Gasteiger partial charge in [0.1, 0.15) is 12.4 Å². The average molecular weight is 453 g/mol. The van der Waals surface area contributed by atoms with Crippen molar-refractivity contribution in [2.24, 2.45) is 5.41 Å². The van der Waals surface area contributed by atoms with E-state index in [1.165, 1.54) is 19.0 Å². The van der Waals surface area contributed by atoms with Crippen molar-refractivity contribution in [2.75, 3.05) is 32.7 Å². The Hall–Kier alpha value is -2.51. The molecule has 2 saturated heterocycles. The van der Waals surface area contributed by atoms with Crippen LogP contribution in [0.5, 0.6) is 5.75 Å². The number of piperidine rings is 2. The Kier molecular flexibility index (Phi) is 6.60. The van der Waals surface area contributed by atoms with E-state index in [0.717, 1.165) is 56.8 Å². The minimum atomic E-state index is -0.497. The lowest BCUT2D eigenvalue weighted by atomic mass is 9.71. The van der Waals surface area contributed by atoms with Gasteiger partial charge in [-0.1, -0.05) is 18.2 Å². The van der Waals surface area contributed by atoms with Gasteiger partial charge in [-0.25, -0.2) is 4.98 Å². The van der Waals surface area contributed by atoms with Gasteiger partial charge in [0.2, 0.25) is 11.9 Å². The largest absolute Gasteiger partial charge is 0.488 e. The lowest BCUT2D eigenvalue weighted by Gasteiger charge is -2.44. The normalized spacial score (nSPS) is 24.0. The molecule has 7 heteroatoms. The number of carbonyl (C=O) groups excluding carboxylic acids is 1. The first-order valence-electron chi connectivity index (χ1n) is 12.2. The Morgan fingerprint density at radius 1 is 1.15 bits per heavy atom. The van der Waals surface area contributed by atoms with Crippen LogP contribution in [0.3, 0.4) is 0 Å². The van der Waals surface area contributed by atoms with Crippen LogP contribution in [0.15, 0.2) is 42.6 Å². The molecule has 1 amide bonds. The number of nitrogens with zero attached hydrogens (tertiary/aromatic N) is 2. The zero-order valence-electron chi connectivity index (χ0n) is 19.1. The molecule has 3 heterocycles. The summed E-state index contributed by atoms with van der Waals surface area (Å²) in [6, 6.07) is 11.6. The van der Waals surface area contributed by atoms with Crippen LogP contribution >= 0.6 is 0 Å². The second kappa shape index (κ2) is 9.77. The number of halogens is 1. The number of ether oxygens (including phenoxy) is 1. The van der Waals surface area contributed by atoms with E-state index in [2.05, 4.69) is 21.7 Å². The molecular weight excluding hydrogens is 419 g/mol. The van der Waals surface area contributed by atoms with E-state index in [1.807, 2.05) is 23.1 Å². The second-order valence-corrected chi connectivity index (χ2v) is 9.74. The average Bonchev–Trinajstić information content (AvgIpc) is 3.63. The summed E-state index contributed by atoms with van der Waals surface area (Å²) in [5.41, 5.74) is 2.01. The SMILES string of the molecule is O=C(CN[C@@H]1C[C@H]1c1ccccc1OCc1cccnc1F)N1CCC2(CCNCC2)CC1. The molecule has 3 aliphatic rings. The standard InChI is InChI=1S/C26H33FN4O2/c27-25-19(4-3-11-29-25)18-33-23-6-2-1-5-20(23)21-16-22(21)30-17-24(32)31-14-9-26(10-15-31)7-12-28-13-8-26/h1-6,11,21-22,28,30H,7-10,12-18H2/t21-,22+/m0/s1. The van der Waals surface area contributed by atoms with E-state index in [0.29, 0.717) is 23.4 Å². The molecule has 2 aromatic rings. The van der Waals surface area contributed by atoms with Gasteiger partial charge < -0.3 is 20.3 Å². The molecule has 0 unspecified atom stereocenters. The highest BCUT2D eigenvalue weighted by atomic mass is 19.1. The number of amides is 1. The van der Waals surface area contributed by atoms with Gasteiger partial charge >= 0.3 is 0 Å². The van der Waals surface area contributed by atoms with Crippen LogP contribution in [0.4, 0.5) is 4.39 Å². The van der Waals surface area contributed by atoms with Crippen LogP contribution < -0.4 is 15.4 Å². The minimum absolute atomic E-state index is 0.145. The summed E-state index contributed by atoms with van der Waals surface area (Å²) in [5, 5.41) is 6.91. The predicted octanol–water partition coefficient (Wildman–Crippen LogP) is 3.24. The summed E-state index contributed by atoms with van der Waals surface area (Å²) in [6.07, 6.45) is 7.16. The van der Waals surface area contributed by atoms with Gasteiger partial charge in [0, 0.05) is 36.8 Å². The van der Waals surface area contributed by atoms with Crippen molar-refractivity contribution in [3.63, 3.8) is 0 Å². The third-order valence-electron chi connectivity index (χ3n) is 7.68. The van der Waals surface area contributed by atoms with Crippen LogP contribution in [0.2, 0.25) is 0 Å². The van der Waals surface area contributed by atoms with Gasteiger partial charge in [-0.3, -0.25) is 4.79 Å². The molecule has 176 valence electrons. The molecular formula is C26H33FN4O2. The smallest absolute Gasteiger partial charge is 0.236 e. The molecule has 2 aliphatic heterocycles. The molecule has 1 saturated carbocycles. The topological polar surface area (TPSA) is 66.5 Å². The number of aromatic nitrogens is 1. The first kappa shape index (κ1) is 22.3. The summed E-state index contributed by atoms with van der Waals surface area (Å²) >= 11 is 0. The van der Waals surface area contributed by atoms with Crippen LogP contribution in [-0.2, 0) is 11.4 Å². The number of carbonyl (C=O) groups is 1. The van der Waals surface area contributed by atoms with Gasteiger partial charge in [0.25, 0.3) is 0 Å². The number of hydrogen-bond donors (Lipinski definition) is 2. The van der Waals surface area contributed by atoms with Crippen LogP contribution in [0, 0.1) is 11.4 Å². The molecule has 0 bridgehead atoms. The Labute approximate surface area is 194 Å². The van der Waals surface area contributed by atoms with Crippen molar-refractivity contribution < 1.29 is 13.9 Å². The van der Waals surface area contributed by atoms with Gasteiger partial charge in [-0.15, -0.1) is 0 Å². The van der Waals surface area contributed by atoms with Crippen molar-refractivity contribution in [2.45, 2.75) is 50.7 Å². The monoisotopic (exact) mass is 452 g/mol. The zero-order valence-corrected chi connectivity index (χ0v) is 19.1. The van der Waals surface area contributed by atoms with E-state index in [9.17, 15) is 9.18 Å². The van der Waals surface area contributed by atoms with Crippen molar-refractivity contribution in [1.29, 1.82) is 0 Å². The van der Waals surface area contributed by atoms with Crippen molar-refractivity contribution >= 4 is 5.91 Å². The van der Waals surface area contributed by atoms with Crippen molar-refractivity contribution in [3.05, 3.63) is 59.7 Å². The number of hydrogen-bond acceptors (Lipinski definition) is 5. The molecule has 2 N–H and O–H groups in total. The van der Waals surface area contributed by atoms with Gasteiger partial charge in [0.15, 0.2) is 0 Å². The number of nitrogens with one attached hydrogen (secondary N) is 2. The third-order valence-corrected chi connectivity index (χ3v) is 7.68. The number of benzene rings is 1. The lowest BCUT2D eigenvalue weighted by molar-refractivity contribution is -0.132. The zero-order chi connectivity index (χ0) is 22.7. The minimum Gasteiger partial charge on any atom is -0.488 e. The predicted molar refractivity (Wildman–Crippen MR) is 124 cm³/mol. The van der Waals surface area contributed by atoms with E-state index in [4.69, 9.17) is 4.74 Å². The molecule has 3 fully saturated rings. The summed E-state index contributed by atoms with van der Waals surface area (Å²) < 4.78 is 19.8. The molecule has 0 radical (unpaired) electrons. The number of pyridine rings is 1. The highest BCUT2D eigenvalue weighted by Gasteiger charge is 2.41. The lowest BCUT2D eigenvalue weighted by Crippen LogP contribution is -2.49. The molecule has 5 rings (SSSR count). The fraction of sp³-hybridized carbons (Fsp3) is 0.538. The molecule has 1 spiro atoms.